The number of hydrogen-bond acceptors (Lipinski definition) is 4. The molecular formula is C24H34ClN3O3S. The maximum Gasteiger partial charge on any atom is 0.233 e. The number of hydrogen-bond donors (Lipinski definition) is 1. The van der Waals surface area contributed by atoms with Crippen LogP contribution >= 0.6 is 11.6 Å². The van der Waals surface area contributed by atoms with Gasteiger partial charge >= 0.3 is 0 Å². The fourth-order valence-electron chi connectivity index (χ4n) is 4.48. The zero-order valence-corrected chi connectivity index (χ0v) is 20.6. The number of rotatable bonds is 11. The van der Waals surface area contributed by atoms with E-state index in [4.69, 9.17) is 11.6 Å². The number of anilines is 1. The monoisotopic (exact) mass is 479 g/mol. The van der Waals surface area contributed by atoms with Crippen molar-refractivity contribution in [3.05, 3.63) is 41.0 Å². The first-order valence-electron chi connectivity index (χ1n) is 11.6. The van der Waals surface area contributed by atoms with Gasteiger partial charge in [-0.25, -0.2) is 8.42 Å². The number of amides is 1. The van der Waals surface area contributed by atoms with Gasteiger partial charge in [-0.05, 0) is 36.5 Å². The Labute approximate surface area is 196 Å². The summed E-state index contributed by atoms with van der Waals surface area (Å²) in [6.45, 7) is 3.02. The van der Waals surface area contributed by atoms with Gasteiger partial charge in [0.05, 0.1) is 15.8 Å². The van der Waals surface area contributed by atoms with Crippen LogP contribution in [0.5, 0.6) is 0 Å². The molecule has 1 saturated carbocycles. The van der Waals surface area contributed by atoms with Crippen molar-refractivity contribution in [2.45, 2.75) is 82.1 Å². The molecule has 1 atom stereocenters. The van der Waals surface area contributed by atoms with Gasteiger partial charge in [0.2, 0.25) is 5.91 Å². The fraction of sp³-hybridized carbons (Fsp3) is 0.583. The lowest BCUT2D eigenvalue weighted by Crippen LogP contribution is -2.23. The molecule has 1 aromatic carbocycles. The molecule has 1 amide bonds. The van der Waals surface area contributed by atoms with Gasteiger partial charge in [-0.15, -0.1) is 0 Å². The van der Waals surface area contributed by atoms with Crippen LogP contribution < -0.4 is 5.32 Å². The van der Waals surface area contributed by atoms with Gasteiger partial charge in [-0.2, -0.15) is 5.10 Å². The summed E-state index contributed by atoms with van der Waals surface area (Å²) in [5, 5.41) is 7.63. The second-order valence-electron chi connectivity index (χ2n) is 8.91. The number of carbonyl (C=O) groups excluding carboxylic acids is 1. The van der Waals surface area contributed by atoms with Gasteiger partial charge in [0.25, 0.3) is 0 Å². The van der Waals surface area contributed by atoms with Crippen LogP contribution in [-0.2, 0) is 21.2 Å². The molecule has 0 aliphatic heterocycles. The zero-order valence-electron chi connectivity index (χ0n) is 19.0. The number of nitrogens with zero attached hydrogens (tertiary/aromatic N) is 2. The van der Waals surface area contributed by atoms with E-state index in [0.29, 0.717) is 11.7 Å². The Morgan fingerprint density at radius 1 is 1.22 bits per heavy atom. The Kier molecular flexibility index (Phi) is 8.77. The van der Waals surface area contributed by atoms with E-state index >= 15 is 0 Å². The van der Waals surface area contributed by atoms with E-state index in [1.165, 1.54) is 38.2 Å². The molecular weight excluding hydrogens is 446 g/mol. The van der Waals surface area contributed by atoms with Crippen LogP contribution in [0.25, 0.3) is 0 Å². The second kappa shape index (κ2) is 11.3. The number of carbonyl (C=O) groups is 1. The lowest BCUT2D eigenvalue weighted by atomic mass is 9.87. The Balaban J connectivity index is 1.75. The van der Waals surface area contributed by atoms with E-state index in [-0.39, 0.29) is 15.8 Å². The molecule has 1 aromatic heterocycles. The molecule has 0 saturated heterocycles. The van der Waals surface area contributed by atoms with E-state index < -0.39 is 15.8 Å². The molecule has 6 nitrogen and oxygen atoms in total. The first-order valence-corrected chi connectivity index (χ1v) is 13.9. The molecule has 176 valence electrons. The molecule has 1 N–H and O–H groups in total. The van der Waals surface area contributed by atoms with Crippen molar-refractivity contribution < 1.29 is 13.2 Å². The average Bonchev–Trinajstić information content (AvgIpc) is 3.40. The first-order chi connectivity index (χ1) is 15.3. The minimum atomic E-state index is -3.42. The third kappa shape index (κ3) is 6.82. The zero-order chi connectivity index (χ0) is 23.1. The highest BCUT2D eigenvalue weighted by Crippen LogP contribution is 2.36. The highest BCUT2D eigenvalue weighted by Gasteiger charge is 2.28. The van der Waals surface area contributed by atoms with Gasteiger partial charge in [-0.1, -0.05) is 69.5 Å². The van der Waals surface area contributed by atoms with Crippen LogP contribution in [0.15, 0.2) is 35.4 Å². The molecule has 0 spiro atoms. The molecule has 8 heteroatoms. The van der Waals surface area contributed by atoms with E-state index in [1.54, 1.807) is 12.1 Å². The topological polar surface area (TPSA) is 81.1 Å². The molecule has 32 heavy (non-hydrogen) atoms. The normalized spacial score (nSPS) is 15.7. The number of aromatic nitrogens is 2. The molecule has 3 rings (SSSR count). The van der Waals surface area contributed by atoms with Gasteiger partial charge in [0, 0.05) is 25.1 Å². The number of unbranched alkanes of at least 4 members (excludes halogenated alkanes) is 3. The quantitative estimate of drug-likeness (QED) is 0.411. The van der Waals surface area contributed by atoms with Crippen molar-refractivity contribution in [1.29, 1.82) is 0 Å². The smallest absolute Gasteiger partial charge is 0.233 e. The molecule has 1 heterocycles. The summed E-state index contributed by atoms with van der Waals surface area (Å²) in [4.78, 5) is 13.4. The van der Waals surface area contributed by atoms with Crippen LogP contribution in [0.4, 0.5) is 5.82 Å². The number of halogens is 1. The molecule has 1 aliphatic rings. The maximum atomic E-state index is 13.3. The van der Waals surface area contributed by atoms with Crippen molar-refractivity contribution in [2.75, 3.05) is 11.6 Å². The molecule has 0 bridgehead atoms. The number of nitrogens with one attached hydrogen (secondary N) is 1. The summed E-state index contributed by atoms with van der Waals surface area (Å²) < 4.78 is 25.7. The first kappa shape index (κ1) is 24.8. The van der Waals surface area contributed by atoms with Crippen molar-refractivity contribution >= 4 is 33.2 Å². The summed E-state index contributed by atoms with van der Waals surface area (Å²) in [5.74, 6) is 0.492. The van der Waals surface area contributed by atoms with Crippen molar-refractivity contribution in [3.63, 3.8) is 0 Å². The SMILES string of the molecule is CCCCCCn1ccc(NC(=O)C(CC2CCCC2)c2ccc(S(C)(=O)=O)c(Cl)c2)n1. The lowest BCUT2D eigenvalue weighted by Gasteiger charge is -2.21. The van der Waals surface area contributed by atoms with E-state index in [1.807, 2.05) is 16.9 Å². The van der Waals surface area contributed by atoms with Crippen molar-refractivity contribution in [3.8, 4) is 0 Å². The Morgan fingerprint density at radius 2 is 1.97 bits per heavy atom. The molecule has 1 fully saturated rings. The fourth-order valence-corrected chi connectivity index (χ4v) is 5.81. The summed E-state index contributed by atoms with van der Waals surface area (Å²) in [6.07, 6.45) is 13.0. The van der Waals surface area contributed by atoms with Gasteiger partial charge in [0.1, 0.15) is 0 Å². The lowest BCUT2D eigenvalue weighted by molar-refractivity contribution is -0.118. The van der Waals surface area contributed by atoms with Crippen LogP contribution in [0.3, 0.4) is 0 Å². The van der Waals surface area contributed by atoms with Crippen molar-refractivity contribution in [1.82, 2.24) is 9.78 Å². The minimum absolute atomic E-state index is 0.0877. The highest BCUT2D eigenvalue weighted by molar-refractivity contribution is 7.90. The summed E-state index contributed by atoms with van der Waals surface area (Å²) in [7, 11) is -3.42. The van der Waals surface area contributed by atoms with Gasteiger partial charge in [-0.3, -0.25) is 9.48 Å². The van der Waals surface area contributed by atoms with Crippen LogP contribution in [0, 0.1) is 5.92 Å². The maximum absolute atomic E-state index is 13.3. The summed E-state index contributed by atoms with van der Waals surface area (Å²) in [6, 6.07) is 6.67. The number of sulfone groups is 1. The van der Waals surface area contributed by atoms with E-state index in [0.717, 1.165) is 44.0 Å². The molecule has 0 radical (unpaired) electrons. The minimum Gasteiger partial charge on any atom is -0.309 e. The average molecular weight is 480 g/mol. The summed E-state index contributed by atoms with van der Waals surface area (Å²) in [5.41, 5.74) is 0.741. The molecule has 1 unspecified atom stereocenters. The highest BCUT2D eigenvalue weighted by atomic mass is 35.5. The largest absolute Gasteiger partial charge is 0.309 e. The van der Waals surface area contributed by atoms with Crippen molar-refractivity contribution in [2.24, 2.45) is 5.92 Å². The van der Waals surface area contributed by atoms with Crippen LogP contribution in [-0.4, -0.2) is 30.4 Å². The summed E-state index contributed by atoms with van der Waals surface area (Å²) >= 11 is 6.29. The third-order valence-electron chi connectivity index (χ3n) is 6.25. The van der Waals surface area contributed by atoms with Gasteiger partial charge < -0.3 is 5.32 Å². The number of benzene rings is 1. The van der Waals surface area contributed by atoms with Gasteiger partial charge in [0.15, 0.2) is 15.7 Å². The Hall–Kier alpha value is -1.86. The predicted octanol–water partition coefficient (Wildman–Crippen LogP) is 5.82. The number of aryl methyl sites for hydroxylation is 1. The Bertz CT molecular complexity index is 1010. The Morgan fingerprint density at radius 3 is 2.62 bits per heavy atom. The van der Waals surface area contributed by atoms with Crippen LogP contribution in [0.1, 0.15) is 76.2 Å². The third-order valence-corrected chi connectivity index (χ3v) is 7.83. The predicted molar refractivity (Wildman–Crippen MR) is 129 cm³/mol. The van der Waals surface area contributed by atoms with E-state index in [9.17, 15) is 13.2 Å². The molecule has 2 aromatic rings. The second-order valence-corrected chi connectivity index (χ2v) is 11.3. The van der Waals surface area contributed by atoms with Crippen LogP contribution in [0.2, 0.25) is 5.02 Å². The standard InChI is InChI=1S/C24H34ClN3O3S/c1-3-4-5-8-14-28-15-13-23(27-28)26-24(29)20(16-18-9-6-7-10-18)19-11-12-22(21(25)17-19)32(2,30)31/h11-13,15,17-18,20H,3-10,14,16H2,1-2H3,(H,26,27,29). The molecule has 1 aliphatic carbocycles. The van der Waals surface area contributed by atoms with E-state index in [2.05, 4.69) is 17.3 Å².